The van der Waals surface area contributed by atoms with Gasteiger partial charge in [-0.2, -0.15) is 0 Å². The molecule has 1 fully saturated rings. The zero-order chi connectivity index (χ0) is 17.3. The number of ether oxygens (including phenoxy) is 1. The largest absolute Gasteiger partial charge is 0.489 e. The lowest BCUT2D eigenvalue weighted by atomic mass is 10.1. The Morgan fingerprint density at radius 2 is 1.96 bits per heavy atom. The minimum absolute atomic E-state index is 0.153. The Kier molecular flexibility index (Phi) is 5.13. The van der Waals surface area contributed by atoms with Crippen molar-refractivity contribution >= 4 is 46.3 Å². The summed E-state index contributed by atoms with van der Waals surface area (Å²) in [4.78, 5) is 24.0. The van der Waals surface area contributed by atoms with Gasteiger partial charge in [-0.15, -0.1) is 11.3 Å². The summed E-state index contributed by atoms with van der Waals surface area (Å²) in [7, 11) is 0. The number of carbonyl (C=O) groups excluding carboxylic acids is 1. The van der Waals surface area contributed by atoms with Gasteiger partial charge in [-0.25, -0.2) is 0 Å². The van der Waals surface area contributed by atoms with E-state index < -0.39 is 5.97 Å². The van der Waals surface area contributed by atoms with Crippen LogP contribution in [0.4, 0.5) is 0 Å². The maximum atomic E-state index is 12.4. The maximum Gasteiger partial charge on any atom is 0.306 e. The third-order valence-electron chi connectivity index (χ3n) is 4.06. The van der Waals surface area contributed by atoms with E-state index in [2.05, 4.69) is 0 Å². The molecule has 1 aliphatic carbocycles. The van der Waals surface area contributed by atoms with Crippen molar-refractivity contribution in [2.75, 3.05) is 0 Å². The second-order valence-corrected chi connectivity index (χ2v) is 7.34. The molecule has 1 heterocycles. The van der Waals surface area contributed by atoms with Crippen LogP contribution in [0.5, 0.6) is 5.75 Å². The smallest absolute Gasteiger partial charge is 0.306 e. The zero-order valence-corrected chi connectivity index (χ0v) is 14.8. The van der Waals surface area contributed by atoms with Crippen molar-refractivity contribution in [3.05, 3.63) is 50.1 Å². The summed E-state index contributed by atoms with van der Waals surface area (Å²) in [5.74, 6) is -0.998. The lowest BCUT2D eigenvalue weighted by molar-refractivity contribution is -0.141. The first-order chi connectivity index (χ1) is 11.5. The standard InChI is InChI=1S/C17H14Cl2O4S/c18-14-11(16(20)13-2-1-7-24-13)5-6-12(15(14)19)23-10-4-3-9(8-10)17(21)22/h1-2,5-7,9-10H,3-4,8H2,(H,21,22). The summed E-state index contributed by atoms with van der Waals surface area (Å²) in [5.41, 5.74) is 0.325. The molecule has 7 heteroatoms. The highest BCUT2D eigenvalue weighted by Crippen LogP contribution is 2.38. The molecule has 0 radical (unpaired) electrons. The van der Waals surface area contributed by atoms with Crippen LogP contribution in [0, 0.1) is 5.92 Å². The number of aliphatic carboxylic acids is 1. The van der Waals surface area contributed by atoms with Gasteiger partial charge in [0.15, 0.2) is 0 Å². The highest BCUT2D eigenvalue weighted by Gasteiger charge is 2.31. The molecule has 0 aliphatic heterocycles. The molecule has 2 unspecified atom stereocenters. The fourth-order valence-electron chi connectivity index (χ4n) is 2.79. The Balaban J connectivity index is 1.78. The number of thiophene rings is 1. The molecule has 1 aromatic heterocycles. The molecule has 2 aromatic rings. The number of halogens is 2. The van der Waals surface area contributed by atoms with Crippen molar-refractivity contribution in [1.82, 2.24) is 0 Å². The molecule has 1 aromatic carbocycles. The predicted octanol–water partition coefficient (Wildman–Crippen LogP) is 4.92. The summed E-state index contributed by atoms with van der Waals surface area (Å²) in [6.07, 6.45) is 1.47. The molecule has 0 bridgehead atoms. The van der Waals surface area contributed by atoms with E-state index in [1.54, 1.807) is 24.3 Å². The van der Waals surface area contributed by atoms with Gasteiger partial charge in [0.1, 0.15) is 10.8 Å². The molecule has 24 heavy (non-hydrogen) atoms. The average molecular weight is 385 g/mol. The second kappa shape index (κ2) is 7.13. The molecular weight excluding hydrogens is 371 g/mol. The van der Waals surface area contributed by atoms with Gasteiger partial charge >= 0.3 is 5.97 Å². The number of carboxylic acids is 1. The van der Waals surface area contributed by atoms with Crippen LogP contribution < -0.4 is 4.74 Å². The number of carboxylic acid groups (broad SMARTS) is 1. The number of hydrogen-bond acceptors (Lipinski definition) is 4. The molecule has 126 valence electrons. The topological polar surface area (TPSA) is 63.6 Å². The zero-order valence-electron chi connectivity index (χ0n) is 12.5. The van der Waals surface area contributed by atoms with E-state index in [-0.39, 0.29) is 27.9 Å². The Morgan fingerprint density at radius 1 is 1.17 bits per heavy atom. The minimum atomic E-state index is -0.804. The highest BCUT2D eigenvalue weighted by atomic mass is 35.5. The molecule has 1 aliphatic rings. The van der Waals surface area contributed by atoms with Gasteiger partial charge in [0.05, 0.1) is 21.9 Å². The van der Waals surface area contributed by atoms with E-state index in [4.69, 9.17) is 33.0 Å². The van der Waals surface area contributed by atoms with Gasteiger partial charge in [0.25, 0.3) is 0 Å². The molecule has 0 saturated heterocycles. The number of benzene rings is 1. The monoisotopic (exact) mass is 384 g/mol. The van der Waals surface area contributed by atoms with E-state index in [1.807, 2.05) is 5.38 Å². The fourth-order valence-corrected chi connectivity index (χ4v) is 3.92. The Bertz CT molecular complexity index is 773. The van der Waals surface area contributed by atoms with Crippen LogP contribution in [0.2, 0.25) is 10.0 Å². The van der Waals surface area contributed by atoms with Crippen molar-refractivity contribution in [2.45, 2.75) is 25.4 Å². The van der Waals surface area contributed by atoms with E-state index in [0.29, 0.717) is 35.5 Å². The fraction of sp³-hybridized carbons (Fsp3) is 0.294. The van der Waals surface area contributed by atoms with Crippen LogP contribution in [0.1, 0.15) is 34.5 Å². The summed E-state index contributed by atoms with van der Waals surface area (Å²) in [6, 6.07) is 6.73. The van der Waals surface area contributed by atoms with Gasteiger partial charge in [-0.1, -0.05) is 29.3 Å². The summed E-state index contributed by atoms with van der Waals surface area (Å²) in [5, 5.41) is 11.2. The van der Waals surface area contributed by atoms with Crippen LogP contribution in [0.15, 0.2) is 29.6 Å². The van der Waals surface area contributed by atoms with E-state index in [0.717, 1.165) is 0 Å². The number of carbonyl (C=O) groups is 2. The maximum absolute atomic E-state index is 12.4. The lowest BCUT2D eigenvalue weighted by Crippen LogP contribution is -2.16. The third kappa shape index (κ3) is 3.43. The molecule has 0 amide bonds. The van der Waals surface area contributed by atoms with Gasteiger partial charge < -0.3 is 9.84 Å². The minimum Gasteiger partial charge on any atom is -0.489 e. The van der Waals surface area contributed by atoms with Crippen LogP contribution in [-0.2, 0) is 4.79 Å². The van der Waals surface area contributed by atoms with Crippen molar-refractivity contribution in [3.8, 4) is 5.75 Å². The SMILES string of the molecule is O=C(c1cccs1)c1ccc(OC2CCC(C(=O)O)C2)c(Cl)c1Cl. The van der Waals surface area contributed by atoms with E-state index in [9.17, 15) is 9.59 Å². The van der Waals surface area contributed by atoms with Crippen LogP contribution in [0.25, 0.3) is 0 Å². The molecule has 3 rings (SSSR count). The van der Waals surface area contributed by atoms with E-state index >= 15 is 0 Å². The molecule has 2 atom stereocenters. The second-order valence-electron chi connectivity index (χ2n) is 5.63. The summed E-state index contributed by atoms with van der Waals surface area (Å²) >= 11 is 13.8. The molecule has 1 N–H and O–H groups in total. The number of rotatable bonds is 5. The van der Waals surface area contributed by atoms with Gasteiger partial charge in [0.2, 0.25) is 5.78 Å². The first kappa shape index (κ1) is 17.3. The van der Waals surface area contributed by atoms with Crippen LogP contribution >= 0.6 is 34.5 Å². The first-order valence-corrected chi connectivity index (χ1v) is 9.06. The molecule has 1 saturated carbocycles. The average Bonchev–Trinajstić information content (AvgIpc) is 3.23. The van der Waals surface area contributed by atoms with Crippen molar-refractivity contribution in [1.29, 1.82) is 0 Å². The molecular formula is C17H14Cl2O4S. The summed E-state index contributed by atoms with van der Waals surface area (Å²) < 4.78 is 5.80. The first-order valence-electron chi connectivity index (χ1n) is 7.43. The van der Waals surface area contributed by atoms with Gasteiger partial charge in [-0.05, 0) is 42.8 Å². The Morgan fingerprint density at radius 3 is 2.58 bits per heavy atom. The van der Waals surface area contributed by atoms with Crippen LogP contribution in [0.3, 0.4) is 0 Å². The lowest BCUT2D eigenvalue weighted by Gasteiger charge is -2.16. The van der Waals surface area contributed by atoms with Crippen molar-refractivity contribution in [3.63, 3.8) is 0 Å². The third-order valence-corrected chi connectivity index (χ3v) is 5.80. The van der Waals surface area contributed by atoms with Crippen molar-refractivity contribution < 1.29 is 19.4 Å². The summed E-state index contributed by atoms with van der Waals surface area (Å²) in [6.45, 7) is 0. The number of hydrogen-bond donors (Lipinski definition) is 1. The van der Waals surface area contributed by atoms with Crippen molar-refractivity contribution in [2.24, 2.45) is 5.92 Å². The highest BCUT2D eigenvalue weighted by molar-refractivity contribution is 7.12. The Labute approximate surface area is 153 Å². The molecule has 4 nitrogen and oxygen atoms in total. The van der Waals surface area contributed by atoms with E-state index in [1.165, 1.54) is 11.3 Å². The Hall–Kier alpha value is -1.56. The van der Waals surface area contributed by atoms with Crippen LogP contribution in [-0.4, -0.2) is 23.0 Å². The number of ketones is 1. The normalized spacial score (nSPS) is 20.1. The molecule has 0 spiro atoms. The quantitative estimate of drug-likeness (QED) is 0.743. The predicted molar refractivity (Wildman–Crippen MR) is 93.6 cm³/mol. The van der Waals surface area contributed by atoms with Gasteiger partial charge in [-0.3, -0.25) is 9.59 Å². The van der Waals surface area contributed by atoms with Gasteiger partial charge in [0, 0.05) is 5.56 Å².